The first-order chi connectivity index (χ1) is 11.3. The average molecular weight is 344 g/mol. The Kier molecular flexibility index (Phi) is 4.44. The van der Waals surface area contributed by atoms with E-state index >= 15 is 0 Å². The predicted molar refractivity (Wildman–Crippen MR) is 102 cm³/mol. The smallest absolute Gasteiger partial charge is 0.403 e. The van der Waals surface area contributed by atoms with Gasteiger partial charge in [-0.1, -0.05) is 29.8 Å². The van der Waals surface area contributed by atoms with Gasteiger partial charge < -0.3 is 18.6 Å². The van der Waals surface area contributed by atoms with Crippen molar-refractivity contribution < 1.29 is 18.6 Å². The maximum Gasteiger partial charge on any atom is 0.495 e. The summed E-state index contributed by atoms with van der Waals surface area (Å²) in [6, 6.07) is 8.23. The first-order valence-electron chi connectivity index (χ1n) is 9.14. The summed E-state index contributed by atoms with van der Waals surface area (Å²) >= 11 is 0. The Morgan fingerprint density at radius 1 is 0.680 bits per heavy atom. The Balaban J connectivity index is 1.82. The molecule has 0 N–H and O–H groups in total. The molecule has 4 nitrogen and oxygen atoms in total. The summed E-state index contributed by atoms with van der Waals surface area (Å²) in [6.07, 6.45) is 0.674. The summed E-state index contributed by atoms with van der Waals surface area (Å²) in [7, 11) is -0.641. The Labute approximate surface area is 152 Å². The van der Waals surface area contributed by atoms with Gasteiger partial charge in [-0.2, -0.15) is 0 Å². The predicted octanol–water partition coefficient (Wildman–Crippen LogP) is 3.16. The minimum absolute atomic E-state index is 0.270. The lowest BCUT2D eigenvalue weighted by Crippen LogP contribution is -2.41. The maximum absolute atomic E-state index is 6.23. The van der Waals surface area contributed by atoms with Crippen LogP contribution in [0, 0.1) is 0 Å². The fraction of sp³-hybridized carbons (Fsp3) is 0.684. The van der Waals surface area contributed by atoms with Crippen molar-refractivity contribution in [3.8, 4) is 0 Å². The van der Waals surface area contributed by atoms with Gasteiger partial charge in [-0.05, 0) is 60.9 Å². The van der Waals surface area contributed by atoms with E-state index in [1.165, 1.54) is 0 Å². The molecule has 0 unspecified atom stereocenters. The van der Waals surface area contributed by atoms with Crippen LogP contribution < -0.4 is 5.46 Å². The third-order valence-corrected chi connectivity index (χ3v) is 6.25. The molecule has 0 radical (unpaired) electrons. The Morgan fingerprint density at radius 2 is 1.12 bits per heavy atom. The molecule has 136 valence electrons. The molecule has 1 aromatic carbocycles. The highest BCUT2D eigenvalue weighted by Gasteiger charge is 2.53. The molecule has 2 heterocycles. The first kappa shape index (κ1) is 19.0. The van der Waals surface area contributed by atoms with E-state index in [1.807, 2.05) is 12.1 Å². The SMILES string of the molecule is CC1(C)OB(Cc2ccccc2B2OC(C)(C)C(C)(C)O2)OC1(C)C. The van der Waals surface area contributed by atoms with Crippen molar-refractivity contribution in [1.29, 1.82) is 0 Å². The fourth-order valence-corrected chi connectivity index (χ4v) is 3.15. The second kappa shape index (κ2) is 5.85. The minimum atomic E-state index is -0.372. The largest absolute Gasteiger partial charge is 0.495 e. The van der Waals surface area contributed by atoms with Gasteiger partial charge in [-0.15, -0.1) is 0 Å². The van der Waals surface area contributed by atoms with Crippen LogP contribution in [-0.2, 0) is 24.9 Å². The molecule has 6 heteroatoms. The van der Waals surface area contributed by atoms with Crippen LogP contribution in [0.15, 0.2) is 24.3 Å². The second-order valence-corrected chi connectivity index (χ2v) is 9.18. The first-order valence-corrected chi connectivity index (χ1v) is 9.14. The standard InChI is InChI=1S/C19H30B2O4/c1-16(2)17(3,4)23-20(22-16)13-14-11-9-10-12-15(14)21-24-18(5,6)19(7,8)25-21/h9-12H,13H2,1-8H3. The van der Waals surface area contributed by atoms with Crippen molar-refractivity contribution in [3.63, 3.8) is 0 Å². The molecule has 0 amide bonds. The Hall–Kier alpha value is -0.810. The van der Waals surface area contributed by atoms with Gasteiger partial charge in [0.25, 0.3) is 0 Å². The normalized spacial score (nSPS) is 26.2. The zero-order valence-corrected chi connectivity index (χ0v) is 16.8. The molecule has 0 atom stereocenters. The summed E-state index contributed by atoms with van der Waals surface area (Å²) in [5.41, 5.74) is 0.841. The van der Waals surface area contributed by atoms with Gasteiger partial charge in [0.05, 0.1) is 22.4 Å². The summed E-state index contributed by atoms with van der Waals surface area (Å²) in [4.78, 5) is 0. The van der Waals surface area contributed by atoms with E-state index in [9.17, 15) is 0 Å². The van der Waals surface area contributed by atoms with E-state index in [2.05, 4.69) is 67.5 Å². The zero-order valence-electron chi connectivity index (χ0n) is 16.8. The van der Waals surface area contributed by atoms with Crippen LogP contribution >= 0.6 is 0 Å². The van der Waals surface area contributed by atoms with Gasteiger partial charge in [-0.3, -0.25) is 0 Å². The van der Waals surface area contributed by atoms with E-state index < -0.39 is 0 Å². The molecule has 0 aromatic heterocycles. The van der Waals surface area contributed by atoms with Crippen molar-refractivity contribution in [1.82, 2.24) is 0 Å². The van der Waals surface area contributed by atoms with Crippen molar-refractivity contribution in [2.75, 3.05) is 0 Å². The number of hydrogen-bond acceptors (Lipinski definition) is 4. The molecule has 3 rings (SSSR count). The van der Waals surface area contributed by atoms with E-state index in [0.29, 0.717) is 6.32 Å². The second-order valence-electron chi connectivity index (χ2n) is 9.18. The Morgan fingerprint density at radius 3 is 1.64 bits per heavy atom. The lowest BCUT2D eigenvalue weighted by Gasteiger charge is -2.32. The molecule has 0 spiro atoms. The van der Waals surface area contributed by atoms with Gasteiger partial charge in [-0.25, -0.2) is 0 Å². The molecule has 0 saturated carbocycles. The average Bonchev–Trinajstić information content (AvgIpc) is 2.78. The molecule has 2 aliphatic heterocycles. The summed E-state index contributed by atoms with van der Waals surface area (Å²) < 4.78 is 24.8. The summed E-state index contributed by atoms with van der Waals surface area (Å²) in [5, 5.41) is 0. The highest BCUT2D eigenvalue weighted by molar-refractivity contribution is 6.63. The molecule has 2 fully saturated rings. The minimum Gasteiger partial charge on any atom is -0.403 e. The van der Waals surface area contributed by atoms with E-state index in [4.69, 9.17) is 18.6 Å². The quantitative estimate of drug-likeness (QED) is 0.790. The topological polar surface area (TPSA) is 36.9 Å². The molecular weight excluding hydrogens is 314 g/mol. The van der Waals surface area contributed by atoms with E-state index in [1.54, 1.807) is 0 Å². The van der Waals surface area contributed by atoms with Crippen molar-refractivity contribution in [3.05, 3.63) is 29.8 Å². The van der Waals surface area contributed by atoms with Gasteiger partial charge in [0.1, 0.15) is 0 Å². The van der Waals surface area contributed by atoms with Crippen molar-refractivity contribution in [2.45, 2.75) is 84.1 Å². The van der Waals surface area contributed by atoms with Crippen LogP contribution in [-0.4, -0.2) is 36.6 Å². The fourth-order valence-electron chi connectivity index (χ4n) is 3.15. The molecule has 2 saturated heterocycles. The maximum atomic E-state index is 6.23. The van der Waals surface area contributed by atoms with Crippen LogP contribution in [0.2, 0.25) is 0 Å². The lowest BCUT2D eigenvalue weighted by atomic mass is 9.70. The lowest BCUT2D eigenvalue weighted by molar-refractivity contribution is 0.00578. The summed E-state index contributed by atoms with van der Waals surface area (Å²) in [6.45, 7) is 16.6. The molecular formula is C19H30B2O4. The van der Waals surface area contributed by atoms with Gasteiger partial charge in [0.2, 0.25) is 0 Å². The van der Waals surface area contributed by atoms with Gasteiger partial charge in [0.15, 0.2) is 0 Å². The van der Waals surface area contributed by atoms with Gasteiger partial charge in [0, 0.05) is 6.32 Å². The third-order valence-electron chi connectivity index (χ3n) is 6.25. The molecule has 0 bridgehead atoms. The van der Waals surface area contributed by atoms with Crippen LogP contribution in [0.5, 0.6) is 0 Å². The zero-order chi connectivity index (χ0) is 18.7. The van der Waals surface area contributed by atoms with Gasteiger partial charge >= 0.3 is 14.2 Å². The van der Waals surface area contributed by atoms with E-state index in [-0.39, 0.29) is 36.6 Å². The number of rotatable bonds is 3. The van der Waals surface area contributed by atoms with Crippen molar-refractivity contribution >= 4 is 19.7 Å². The highest BCUT2D eigenvalue weighted by Crippen LogP contribution is 2.38. The van der Waals surface area contributed by atoms with Crippen molar-refractivity contribution in [2.24, 2.45) is 0 Å². The summed E-state index contributed by atoms with van der Waals surface area (Å²) in [5.74, 6) is 0. The Bertz CT molecular complexity index is 623. The number of hydrogen-bond donors (Lipinski definition) is 0. The van der Waals surface area contributed by atoms with Crippen LogP contribution in [0.4, 0.5) is 0 Å². The van der Waals surface area contributed by atoms with Crippen LogP contribution in [0.25, 0.3) is 0 Å². The molecule has 0 aliphatic carbocycles. The monoisotopic (exact) mass is 344 g/mol. The van der Waals surface area contributed by atoms with Crippen LogP contribution in [0.1, 0.15) is 61.0 Å². The number of benzene rings is 1. The molecule has 25 heavy (non-hydrogen) atoms. The molecule has 1 aromatic rings. The third kappa shape index (κ3) is 3.30. The van der Waals surface area contributed by atoms with E-state index in [0.717, 1.165) is 11.0 Å². The molecule has 2 aliphatic rings. The van der Waals surface area contributed by atoms with Crippen LogP contribution in [0.3, 0.4) is 0 Å². The highest BCUT2D eigenvalue weighted by atomic mass is 16.7.